The van der Waals surface area contributed by atoms with Crippen molar-refractivity contribution in [1.29, 1.82) is 0 Å². The maximum absolute atomic E-state index is 12.8. The molecule has 1 aliphatic carbocycles. The molecule has 0 radical (unpaired) electrons. The lowest BCUT2D eigenvalue weighted by Gasteiger charge is -2.36. The van der Waals surface area contributed by atoms with Crippen LogP contribution in [0, 0.1) is 5.92 Å². The van der Waals surface area contributed by atoms with E-state index in [1.54, 1.807) is 6.07 Å². The maximum atomic E-state index is 12.8. The second-order valence-corrected chi connectivity index (χ2v) is 7.71. The van der Waals surface area contributed by atoms with Crippen molar-refractivity contribution >= 4 is 24.4 Å². The predicted octanol–water partition coefficient (Wildman–Crippen LogP) is 5.11. The van der Waals surface area contributed by atoms with Crippen LogP contribution in [-0.2, 0) is 11.0 Å². The van der Waals surface area contributed by atoms with E-state index in [1.807, 2.05) is 23.9 Å². The molecule has 1 aromatic carbocycles. The van der Waals surface area contributed by atoms with Gasteiger partial charge in [0.2, 0.25) is 5.91 Å². The van der Waals surface area contributed by atoms with Crippen molar-refractivity contribution in [3.8, 4) is 0 Å². The summed E-state index contributed by atoms with van der Waals surface area (Å²) in [5.41, 5.74) is -0.328. The lowest BCUT2D eigenvalue weighted by atomic mass is 9.86. The number of nitrogens with zero attached hydrogens (tertiary/aromatic N) is 2. The van der Waals surface area contributed by atoms with Gasteiger partial charge in [-0.1, -0.05) is 19.1 Å². The smallest absolute Gasteiger partial charge is 0.335 e. The molecule has 0 spiro atoms. The number of carbonyl (C=O) groups excluding carboxylic acids is 1. The molecule has 7 heteroatoms. The Morgan fingerprint density at radius 2 is 1.79 bits per heavy atom. The van der Waals surface area contributed by atoms with Crippen molar-refractivity contribution in [2.45, 2.75) is 44.8 Å². The third-order valence-corrected chi connectivity index (χ3v) is 5.13. The predicted molar refractivity (Wildman–Crippen MR) is 109 cm³/mol. The standard InChI is InChI=1S/C21H29F3N2O.ClH/c1-16-7-10-19(11-8-16)26(14-13-25(2)3)20(27)12-9-17-5-4-6-18(15-17)21(22,23)24;/h4-6,9,12,15-16,19H,7-8,10-11,13-14H2,1-3H3;1H/b12-9+;. The Labute approximate surface area is 172 Å². The van der Waals surface area contributed by atoms with Crippen molar-refractivity contribution in [2.75, 3.05) is 27.2 Å². The Morgan fingerprint density at radius 1 is 1.14 bits per heavy atom. The number of likely N-dealkylation sites (N-methyl/N-ethyl adjacent to an activating group) is 1. The molecule has 0 bridgehead atoms. The van der Waals surface area contributed by atoms with E-state index < -0.39 is 11.7 Å². The molecule has 1 amide bonds. The Balaban J connectivity index is 0.00000392. The summed E-state index contributed by atoms with van der Waals surface area (Å²) in [6.45, 7) is 3.61. The zero-order chi connectivity index (χ0) is 20.0. The fraction of sp³-hybridized carbons (Fsp3) is 0.571. The van der Waals surface area contributed by atoms with E-state index in [0.29, 0.717) is 18.0 Å². The lowest BCUT2D eigenvalue weighted by Crippen LogP contribution is -2.44. The number of carbonyl (C=O) groups is 1. The van der Waals surface area contributed by atoms with Gasteiger partial charge in [-0.05, 0) is 69.5 Å². The molecule has 0 heterocycles. The quantitative estimate of drug-likeness (QED) is 0.599. The number of amides is 1. The highest BCUT2D eigenvalue weighted by Gasteiger charge is 2.30. The minimum atomic E-state index is -4.38. The molecular formula is C21H30ClF3N2O. The minimum absolute atomic E-state index is 0. The molecule has 0 aromatic heterocycles. The van der Waals surface area contributed by atoms with Gasteiger partial charge >= 0.3 is 6.18 Å². The van der Waals surface area contributed by atoms with Crippen LogP contribution in [0.5, 0.6) is 0 Å². The van der Waals surface area contributed by atoms with E-state index in [-0.39, 0.29) is 24.4 Å². The van der Waals surface area contributed by atoms with E-state index in [0.717, 1.165) is 44.4 Å². The van der Waals surface area contributed by atoms with Gasteiger partial charge in [0.1, 0.15) is 0 Å². The van der Waals surface area contributed by atoms with Crippen LogP contribution in [0.15, 0.2) is 30.3 Å². The molecule has 0 saturated heterocycles. The largest absolute Gasteiger partial charge is 0.416 e. The van der Waals surface area contributed by atoms with Crippen molar-refractivity contribution in [3.05, 3.63) is 41.5 Å². The molecule has 3 nitrogen and oxygen atoms in total. The Kier molecular flexibility index (Phi) is 9.51. The van der Waals surface area contributed by atoms with Crippen molar-refractivity contribution in [2.24, 2.45) is 5.92 Å². The van der Waals surface area contributed by atoms with E-state index in [9.17, 15) is 18.0 Å². The van der Waals surface area contributed by atoms with Gasteiger partial charge in [-0.15, -0.1) is 12.4 Å². The van der Waals surface area contributed by atoms with Gasteiger partial charge < -0.3 is 9.80 Å². The summed E-state index contributed by atoms with van der Waals surface area (Å²) in [7, 11) is 3.92. The van der Waals surface area contributed by atoms with Gasteiger partial charge in [0.25, 0.3) is 0 Å². The second kappa shape index (κ2) is 10.9. The SMILES string of the molecule is CC1CCC(N(CCN(C)C)C(=O)/C=C/c2cccc(C(F)(F)F)c2)CC1.Cl. The van der Waals surface area contributed by atoms with Crippen LogP contribution in [0.3, 0.4) is 0 Å². The average Bonchev–Trinajstić information content (AvgIpc) is 2.61. The molecule has 0 aliphatic heterocycles. The third-order valence-electron chi connectivity index (χ3n) is 5.13. The number of halogens is 4. The first-order valence-corrected chi connectivity index (χ1v) is 9.47. The minimum Gasteiger partial charge on any atom is -0.335 e. The number of hydrogen-bond acceptors (Lipinski definition) is 2. The summed E-state index contributed by atoms with van der Waals surface area (Å²) >= 11 is 0. The van der Waals surface area contributed by atoms with Crippen LogP contribution in [0.25, 0.3) is 6.08 Å². The van der Waals surface area contributed by atoms with E-state index in [1.165, 1.54) is 18.2 Å². The number of hydrogen-bond donors (Lipinski definition) is 0. The van der Waals surface area contributed by atoms with Gasteiger partial charge in [0.15, 0.2) is 0 Å². The molecule has 1 saturated carbocycles. The normalized spacial score (nSPS) is 20.2. The van der Waals surface area contributed by atoms with Crippen LogP contribution < -0.4 is 0 Å². The molecule has 0 unspecified atom stereocenters. The van der Waals surface area contributed by atoms with E-state index >= 15 is 0 Å². The third kappa shape index (κ3) is 7.47. The van der Waals surface area contributed by atoms with Crippen LogP contribution in [0.1, 0.15) is 43.7 Å². The summed E-state index contributed by atoms with van der Waals surface area (Å²) in [6, 6.07) is 5.24. The van der Waals surface area contributed by atoms with Gasteiger partial charge in [-0.2, -0.15) is 13.2 Å². The zero-order valence-corrected chi connectivity index (χ0v) is 17.5. The first-order chi connectivity index (χ1) is 12.7. The fourth-order valence-corrected chi connectivity index (χ4v) is 3.42. The molecule has 1 aromatic rings. The van der Waals surface area contributed by atoms with Crippen molar-refractivity contribution < 1.29 is 18.0 Å². The highest BCUT2D eigenvalue weighted by molar-refractivity contribution is 5.92. The maximum Gasteiger partial charge on any atom is 0.416 e. The molecule has 1 aliphatic rings. The van der Waals surface area contributed by atoms with Gasteiger partial charge in [0, 0.05) is 25.2 Å². The lowest BCUT2D eigenvalue weighted by molar-refractivity contribution is -0.137. The molecule has 0 atom stereocenters. The Hall–Kier alpha value is -1.53. The second-order valence-electron chi connectivity index (χ2n) is 7.71. The number of benzene rings is 1. The van der Waals surface area contributed by atoms with Crippen LogP contribution in [0.4, 0.5) is 13.2 Å². The van der Waals surface area contributed by atoms with Gasteiger partial charge in [-0.3, -0.25) is 4.79 Å². The fourth-order valence-electron chi connectivity index (χ4n) is 3.42. The van der Waals surface area contributed by atoms with Crippen LogP contribution in [-0.4, -0.2) is 48.9 Å². The molecule has 2 rings (SSSR count). The molecule has 28 heavy (non-hydrogen) atoms. The summed E-state index contributed by atoms with van der Waals surface area (Å²) in [4.78, 5) is 16.7. The summed E-state index contributed by atoms with van der Waals surface area (Å²) in [5.74, 6) is 0.557. The van der Waals surface area contributed by atoms with E-state index in [4.69, 9.17) is 0 Å². The Morgan fingerprint density at radius 3 is 2.36 bits per heavy atom. The first-order valence-electron chi connectivity index (χ1n) is 9.47. The van der Waals surface area contributed by atoms with E-state index in [2.05, 4.69) is 6.92 Å². The molecule has 0 N–H and O–H groups in total. The Bertz CT molecular complexity index is 653. The summed E-state index contributed by atoms with van der Waals surface area (Å²) in [6.07, 6.45) is 2.68. The molecular weight excluding hydrogens is 389 g/mol. The number of rotatable bonds is 6. The highest BCUT2D eigenvalue weighted by Crippen LogP contribution is 2.30. The van der Waals surface area contributed by atoms with Crippen LogP contribution in [0.2, 0.25) is 0 Å². The summed E-state index contributed by atoms with van der Waals surface area (Å²) < 4.78 is 38.5. The number of alkyl halides is 3. The molecule has 158 valence electrons. The highest BCUT2D eigenvalue weighted by atomic mass is 35.5. The van der Waals surface area contributed by atoms with Gasteiger partial charge in [-0.25, -0.2) is 0 Å². The monoisotopic (exact) mass is 418 g/mol. The van der Waals surface area contributed by atoms with Gasteiger partial charge in [0.05, 0.1) is 5.56 Å². The zero-order valence-electron chi connectivity index (χ0n) is 16.7. The summed E-state index contributed by atoms with van der Waals surface area (Å²) in [5, 5.41) is 0. The van der Waals surface area contributed by atoms with Crippen molar-refractivity contribution in [3.63, 3.8) is 0 Å². The first kappa shape index (κ1) is 24.5. The molecule has 1 fully saturated rings. The van der Waals surface area contributed by atoms with Crippen LogP contribution >= 0.6 is 12.4 Å². The topological polar surface area (TPSA) is 23.6 Å². The van der Waals surface area contributed by atoms with Crippen molar-refractivity contribution in [1.82, 2.24) is 9.80 Å². The average molecular weight is 419 g/mol.